The molecular formula is C15H29NO2. The second kappa shape index (κ2) is 6.88. The van der Waals surface area contributed by atoms with Crippen LogP contribution < -0.4 is 5.32 Å². The van der Waals surface area contributed by atoms with Crippen molar-refractivity contribution in [3.63, 3.8) is 0 Å². The number of hydrogen-bond acceptors (Lipinski definition) is 3. The summed E-state index contributed by atoms with van der Waals surface area (Å²) in [7, 11) is 1.80. The third-order valence-electron chi connectivity index (χ3n) is 4.62. The summed E-state index contributed by atoms with van der Waals surface area (Å²) in [5, 5.41) is 3.69. The van der Waals surface area contributed by atoms with E-state index in [1.54, 1.807) is 7.11 Å². The summed E-state index contributed by atoms with van der Waals surface area (Å²) in [5.74, 6) is 1.79. The van der Waals surface area contributed by atoms with Gasteiger partial charge in [0.05, 0.1) is 12.2 Å². The van der Waals surface area contributed by atoms with Crippen LogP contribution in [0.2, 0.25) is 0 Å². The first-order valence-corrected chi connectivity index (χ1v) is 7.62. The van der Waals surface area contributed by atoms with Crippen LogP contribution in [0.1, 0.15) is 46.0 Å². The summed E-state index contributed by atoms with van der Waals surface area (Å²) in [6.07, 6.45) is 7.30. The normalized spacial score (nSPS) is 40.5. The van der Waals surface area contributed by atoms with Gasteiger partial charge in [-0.3, -0.25) is 0 Å². The third-order valence-corrected chi connectivity index (χ3v) is 4.62. The molecule has 0 aromatic rings. The lowest BCUT2D eigenvalue weighted by atomic mass is 9.81. The van der Waals surface area contributed by atoms with Crippen molar-refractivity contribution >= 4 is 0 Å². The van der Waals surface area contributed by atoms with Gasteiger partial charge in [-0.25, -0.2) is 0 Å². The maximum atomic E-state index is 5.66. The van der Waals surface area contributed by atoms with Gasteiger partial charge in [-0.1, -0.05) is 19.8 Å². The number of methoxy groups -OCH3 is 1. The van der Waals surface area contributed by atoms with Gasteiger partial charge in [0.2, 0.25) is 0 Å². The van der Waals surface area contributed by atoms with Crippen molar-refractivity contribution < 1.29 is 9.47 Å². The Balaban J connectivity index is 1.67. The fraction of sp³-hybridized carbons (Fsp3) is 1.00. The van der Waals surface area contributed by atoms with Crippen LogP contribution >= 0.6 is 0 Å². The first kappa shape index (κ1) is 14.3. The number of rotatable bonds is 6. The molecule has 18 heavy (non-hydrogen) atoms. The Kier molecular flexibility index (Phi) is 5.46. The van der Waals surface area contributed by atoms with Crippen LogP contribution in [0.4, 0.5) is 0 Å². The summed E-state index contributed by atoms with van der Waals surface area (Å²) in [4.78, 5) is 0. The fourth-order valence-corrected chi connectivity index (χ4v) is 3.54. The first-order valence-electron chi connectivity index (χ1n) is 7.62. The van der Waals surface area contributed by atoms with Gasteiger partial charge in [-0.05, 0) is 44.6 Å². The minimum atomic E-state index is 0.256. The number of nitrogens with one attached hydrogen (secondary N) is 1. The van der Waals surface area contributed by atoms with Crippen molar-refractivity contribution in [3.05, 3.63) is 0 Å². The van der Waals surface area contributed by atoms with E-state index >= 15 is 0 Å². The van der Waals surface area contributed by atoms with Crippen LogP contribution in [0.25, 0.3) is 0 Å². The summed E-state index contributed by atoms with van der Waals surface area (Å²) < 4.78 is 11.2. The molecule has 0 bridgehead atoms. The van der Waals surface area contributed by atoms with Gasteiger partial charge in [-0.15, -0.1) is 0 Å². The van der Waals surface area contributed by atoms with E-state index in [0.717, 1.165) is 31.4 Å². The molecule has 106 valence electrons. The average Bonchev–Trinajstić information content (AvgIpc) is 2.33. The van der Waals surface area contributed by atoms with Crippen molar-refractivity contribution in [3.8, 4) is 0 Å². The summed E-state index contributed by atoms with van der Waals surface area (Å²) in [6, 6.07) is 0.504. The largest absolute Gasteiger partial charge is 0.377 e. The zero-order valence-electron chi connectivity index (χ0n) is 12.2. The molecule has 2 aliphatic carbocycles. The molecule has 0 aromatic heterocycles. The van der Waals surface area contributed by atoms with Crippen LogP contribution in [-0.4, -0.2) is 38.5 Å². The van der Waals surface area contributed by atoms with Gasteiger partial charge in [-0.2, -0.15) is 0 Å². The Morgan fingerprint density at radius 2 is 2.06 bits per heavy atom. The summed E-state index contributed by atoms with van der Waals surface area (Å²) in [5.41, 5.74) is 0. The lowest BCUT2D eigenvalue weighted by Crippen LogP contribution is -2.60. The van der Waals surface area contributed by atoms with Crippen LogP contribution in [0.5, 0.6) is 0 Å². The highest BCUT2D eigenvalue weighted by Gasteiger charge is 2.41. The second-order valence-electron chi connectivity index (χ2n) is 6.08. The van der Waals surface area contributed by atoms with Gasteiger partial charge in [0.25, 0.3) is 0 Å². The van der Waals surface area contributed by atoms with Crippen LogP contribution in [-0.2, 0) is 9.47 Å². The quantitative estimate of drug-likeness (QED) is 0.791. The molecule has 5 unspecified atom stereocenters. The molecule has 2 aliphatic rings. The van der Waals surface area contributed by atoms with E-state index in [2.05, 4.69) is 19.2 Å². The van der Waals surface area contributed by atoms with Crippen LogP contribution in [0.3, 0.4) is 0 Å². The molecule has 0 aliphatic heterocycles. The highest BCUT2D eigenvalue weighted by Crippen LogP contribution is 2.30. The Bertz CT molecular complexity index is 247. The van der Waals surface area contributed by atoms with E-state index in [1.165, 1.54) is 25.7 Å². The maximum Gasteiger partial charge on any atom is 0.0986 e. The fourth-order valence-electron chi connectivity index (χ4n) is 3.54. The van der Waals surface area contributed by atoms with Crippen molar-refractivity contribution in [1.29, 1.82) is 0 Å². The molecule has 1 N–H and O–H groups in total. The lowest BCUT2D eigenvalue weighted by molar-refractivity contribution is -0.131. The van der Waals surface area contributed by atoms with E-state index in [4.69, 9.17) is 9.47 Å². The van der Waals surface area contributed by atoms with Gasteiger partial charge in [0.15, 0.2) is 0 Å². The molecule has 0 amide bonds. The Hall–Kier alpha value is -0.120. The molecule has 0 heterocycles. The van der Waals surface area contributed by atoms with E-state index in [9.17, 15) is 0 Å². The smallest absolute Gasteiger partial charge is 0.0986 e. The molecule has 0 saturated heterocycles. The Labute approximate surface area is 112 Å². The molecule has 2 saturated carbocycles. The standard InChI is InChI=1S/C15H29NO2/c1-4-18-14-9-13(15(14)17-3)16-10-12-7-5-6-11(2)8-12/h11-16H,4-10H2,1-3H3. The predicted molar refractivity (Wildman–Crippen MR) is 73.7 cm³/mol. The first-order chi connectivity index (χ1) is 8.74. The van der Waals surface area contributed by atoms with E-state index in [-0.39, 0.29) is 6.10 Å². The van der Waals surface area contributed by atoms with Crippen LogP contribution in [0.15, 0.2) is 0 Å². The zero-order chi connectivity index (χ0) is 13.0. The summed E-state index contributed by atoms with van der Waals surface area (Å²) >= 11 is 0. The predicted octanol–water partition coefficient (Wildman–Crippen LogP) is 2.59. The Morgan fingerprint density at radius 1 is 1.22 bits per heavy atom. The molecule has 3 nitrogen and oxygen atoms in total. The Morgan fingerprint density at radius 3 is 2.72 bits per heavy atom. The highest BCUT2D eigenvalue weighted by atomic mass is 16.5. The van der Waals surface area contributed by atoms with Crippen molar-refractivity contribution in [2.45, 2.75) is 64.2 Å². The number of ether oxygens (including phenoxy) is 2. The minimum Gasteiger partial charge on any atom is -0.377 e. The van der Waals surface area contributed by atoms with Crippen molar-refractivity contribution in [2.75, 3.05) is 20.3 Å². The number of hydrogen-bond donors (Lipinski definition) is 1. The third kappa shape index (κ3) is 3.46. The van der Waals surface area contributed by atoms with Crippen molar-refractivity contribution in [2.24, 2.45) is 11.8 Å². The molecule has 2 rings (SSSR count). The molecular weight excluding hydrogens is 226 g/mol. The monoisotopic (exact) mass is 255 g/mol. The molecule has 0 radical (unpaired) electrons. The van der Waals surface area contributed by atoms with E-state index in [1.807, 2.05) is 0 Å². The van der Waals surface area contributed by atoms with Crippen molar-refractivity contribution in [1.82, 2.24) is 5.32 Å². The van der Waals surface area contributed by atoms with Crippen LogP contribution in [0, 0.1) is 11.8 Å². The molecule has 0 spiro atoms. The van der Waals surface area contributed by atoms with E-state index in [0.29, 0.717) is 12.1 Å². The van der Waals surface area contributed by atoms with Gasteiger partial charge in [0.1, 0.15) is 0 Å². The summed E-state index contributed by atoms with van der Waals surface area (Å²) in [6.45, 7) is 6.39. The molecule has 0 aromatic carbocycles. The topological polar surface area (TPSA) is 30.5 Å². The molecule has 2 fully saturated rings. The second-order valence-corrected chi connectivity index (χ2v) is 6.08. The maximum absolute atomic E-state index is 5.66. The average molecular weight is 255 g/mol. The molecule has 3 heteroatoms. The zero-order valence-corrected chi connectivity index (χ0v) is 12.2. The lowest BCUT2D eigenvalue weighted by Gasteiger charge is -2.44. The minimum absolute atomic E-state index is 0.256. The SMILES string of the molecule is CCOC1CC(NCC2CCCC(C)C2)C1OC. The molecule has 5 atom stereocenters. The van der Waals surface area contributed by atoms with Gasteiger partial charge in [0, 0.05) is 19.8 Å². The van der Waals surface area contributed by atoms with E-state index < -0.39 is 0 Å². The van der Waals surface area contributed by atoms with Gasteiger partial charge >= 0.3 is 0 Å². The van der Waals surface area contributed by atoms with Gasteiger partial charge < -0.3 is 14.8 Å². The highest BCUT2D eigenvalue weighted by molar-refractivity contribution is 4.97.